The fourth-order valence-corrected chi connectivity index (χ4v) is 3.24. The summed E-state index contributed by atoms with van der Waals surface area (Å²) < 4.78 is 1.85. The predicted octanol–water partition coefficient (Wildman–Crippen LogP) is 3.73. The Morgan fingerprint density at radius 2 is 2.10 bits per heavy atom. The summed E-state index contributed by atoms with van der Waals surface area (Å²) in [6.07, 6.45) is 1.57. The number of fused-ring (bicyclic) bond motifs is 1. The SMILES string of the molecule is CN(Cc1nc2ccccc2s1)C(=O)c1ccc(Br)nc1. The van der Waals surface area contributed by atoms with Gasteiger partial charge >= 0.3 is 0 Å². The number of hydrogen-bond donors (Lipinski definition) is 0. The lowest BCUT2D eigenvalue weighted by Gasteiger charge is -2.15. The van der Waals surface area contributed by atoms with Crippen LogP contribution in [0.15, 0.2) is 47.2 Å². The summed E-state index contributed by atoms with van der Waals surface area (Å²) in [5.74, 6) is -0.0609. The van der Waals surface area contributed by atoms with Crippen LogP contribution in [0.1, 0.15) is 15.4 Å². The van der Waals surface area contributed by atoms with Gasteiger partial charge in [-0.3, -0.25) is 4.79 Å². The van der Waals surface area contributed by atoms with E-state index >= 15 is 0 Å². The monoisotopic (exact) mass is 361 g/mol. The number of amides is 1. The van der Waals surface area contributed by atoms with Crippen LogP contribution in [0.2, 0.25) is 0 Å². The third-order valence-corrected chi connectivity index (χ3v) is 4.52. The van der Waals surface area contributed by atoms with Crippen molar-refractivity contribution in [3.63, 3.8) is 0 Å². The van der Waals surface area contributed by atoms with Crippen LogP contribution in [0, 0.1) is 0 Å². The number of pyridine rings is 1. The second-order valence-electron chi connectivity index (χ2n) is 4.61. The van der Waals surface area contributed by atoms with Crippen molar-refractivity contribution in [3.8, 4) is 0 Å². The molecular weight excluding hydrogens is 350 g/mol. The van der Waals surface area contributed by atoms with E-state index in [9.17, 15) is 4.79 Å². The molecule has 0 aliphatic carbocycles. The molecule has 0 saturated carbocycles. The predicted molar refractivity (Wildman–Crippen MR) is 87.4 cm³/mol. The van der Waals surface area contributed by atoms with Crippen LogP contribution in [0.5, 0.6) is 0 Å². The van der Waals surface area contributed by atoms with E-state index in [0.29, 0.717) is 16.7 Å². The smallest absolute Gasteiger partial charge is 0.255 e. The minimum absolute atomic E-state index is 0.0609. The van der Waals surface area contributed by atoms with Crippen LogP contribution < -0.4 is 0 Å². The van der Waals surface area contributed by atoms with E-state index in [4.69, 9.17) is 0 Å². The maximum atomic E-state index is 12.3. The molecule has 0 spiro atoms. The number of rotatable bonds is 3. The maximum absolute atomic E-state index is 12.3. The fraction of sp³-hybridized carbons (Fsp3) is 0.133. The molecule has 3 aromatic rings. The molecule has 6 heteroatoms. The van der Waals surface area contributed by atoms with E-state index in [1.165, 1.54) is 0 Å². The number of carbonyl (C=O) groups is 1. The Labute approximate surface area is 134 Å². The van der Waals surface area contributed by atoms with Crippen molar-refractivity contribution in [1.29, 1.82) is 0 Å². The quantitative estimate of drug-likeness (QED) is 0.667. The minimum Gasteiger partial charge on any atom is -0.335 e. The van der Waals surface area contributed by atoms with E-state index in [-0.39, 0.29) is 5.91 Å². The standard InChI is InChI=1S/C15H12BrN3OS/c1-19(15(20)10-6-7-13(16)17-8-10)9-14-18-11-4-2-3-5-12(11)21-14/h2-8H,9H2,1H3. The van der Waals surface area contributed by atoms with Gasteiger partial charge < -0.3 is 4.90 Å². The van der Waals surface area contributed by atoms with Crippen molar-refractivity contribution in [1.82, 2.24) is 14.9 Å². The number of carbonyl (C=O) groups excluding carboxylic acids is 1. The van der Waals surface area contributed by atoms with Crippen LogP contribution >= 0.6 is 27.3 Å². The van der Waals surface area contributed by atoms with Gasteiger partial charge in [-0.2, -0.15) is 0 Å². The van der Waals surface area contributed by atoms with Gasteiger partial charge in [-0.1, -0.05) is 12.1 Å². The third kappa shape index (κ3) is 3.11. The van der Waals surface area contributed by atoms with Crippen molar-refractivity contribution in [2.24, 2.45) is 0 Å². The first kappa shape index (κ1) is 14.2. The van der Waals surface area contributed by atoms with E-state index in [1.54, 1.807) is 41.6 Å². The lowest BCUT2D eigenvalue weighted by atomic mass is 10.2. The van der Waals surface area contributed by atoms with Crippen LogP contribution in [0.25, 0.3) is 10.2 Å². The molecule has 0 fully saturated rings. The Kier molecular flexibility index (Phi) is 3.98. The third-order valence-electron chi connectivity index (χ3n) is 3.03. The molecule has 0 radical (unpaired) electrons. The molecule has 106 valence electrons. The number of para-hydroxylation sites is 1. The molecule has 1 aromatic carbocycles. The molecule has 0 N–H and O–H groups in total. The topological polar surface area (TPSA) is 46.1 Å². The molecule has 0 aliphatic heterocycles. The zero-order chi connectivity index (χ0) is 14.8. The van der Waals surface area contributed by atoms with Gasteiger partial charge in [0, 0.05) is 13.2 Å². The zero-order valence-electron chi connectivity index (χ0n) is 11.3. The van der Waals surface area contributed by atoms with Gasteiger partial charge in [-0.05, 0) is 40.2 Å². The van der Waals surface area contributed by atoms with Gasteiger partial charge in [-0.25, -0.2) is 9.97 Å². The normalized spacial score (nSPS) is 10.8. The Morgan fingerprint density at radius 1 is 1.29 bits per heavy atom. The van der Waals surface area contributed by atoms with E-state index in [2.05, 4.69) is 25.9 Å². The number of aromatic nitrogens is 2. The lowest BCUT2D eigenvalue weighted by molar-refractivity contribution is 0.0784. The van der Waals surface area contributed by atoms with E-state index < -0.39 is 0 Å². The highest BCUT2D eigenvalue weighted by Crippen LogP contribution is 2.22. The lowest BCUT2D eigenvalue weighted by Crippen LogP contribution is -2.26. The van der Waals surface area contributed by atoms with Gasteiger partial charge in [0.25, 0.3) is 5.91 Å². The number of thiazole rings is 1. The largest absolute Gasteiger partial charge is 0.335 e. The number of halogens is 1. The van der Waals surface area contributed by atoms with E-state index in [1.807, 2.05) is 24.3 Å². The Hall–Kier alpha value is -1.79. The average molecular weight is 362 g/mol. The van der Waals surface area contributed by atoms with Gasteiger partial charge in [0.05, 0.1) is 22.3 Å². The second kappa shape index (κ2) is 5.91. The van der Waals surface area contributed by atoms with Crippen LogP contribution in [-0.4, -0.2) is 27.8 Å². The molecule has 0 saturated heterocycles. The van der Waals surface area contributed by atoms with E-state index in [0.717, 1.165) is 15.2 Å². The second-order valence-corrected chi connectivity index (χ2v) is 6.53. The zero-order valence-corrected chi connectivity index (χ0v) is 13.7. The molecule has 0 bridgehead atoms. The molecule has 2 heterocycles. The first-order valence-corrected chi connectivity index (χ1v) is 7.96. The summed E-state index contributed by atoms with van der Waals surface area (Å²) in [7, 11) is 1.77. The molecule has 1 amide bonds. The van der Waals surface area contributed by atoms with Crippen LogP contribution in [0.4, 0.5) is 0 Å². The first-order chi connectivity index (χ1) is 10.1. The van der Waals surface area contributed by atoms with Crippen molar-refractivity contribution in [2.75, 3.05) is 7.05 Å². The Morgan fingerprint density at radius 3 is 2.81 bits per heavy atom. The fourth-order valence-electron chi connectivity index (χ4n) is 1.98. The highest BCUT2D eigenvalue weighted by molar-refractivity contribution is 9.10. The van der Waals surface area contributed by atoms with Crippen LogP contribution in [0.3, 0.4) is 0 Å². The first-order valence-electron chi connectivity index (χ1n) is 6.35. The van der Waals surface area contributed by atoms with Crippen molar-refractivity contribution in [2.45, 2.75) is 6.54 Å². The van der Waals surface area contributed by atoms with Gasteiger partial charge in [0.2, 0.25) is 0 Å². The minimum atomic E-state index is -0.0609. The summed E-state index contributed by atoms with van der Waals surface area (Å²) in [6.45, 7) is 0.494. The number of benzene rings is 1. The summed E-state index contributed by atoms with van der Waals surface area (Å²) in [4.78, 5) is 22.6. The summed E-state index contributed by atoms with van der Waals surface area (Å²) >= 11 is 4.87. The van der Waals surface area contributed by atoms with Crippen LogP contribution in [-0.2, 0) is 6.54 Å². The van der Waals surface area contributed by atoms with Crippen molar-refractivity contribution >= 4 is 43.4 Å². The highest BCUT2D eigenvalue weighted by atomic mass is 79.9. The van der Waals surface area contributed by atoms with Gasteiger partial charge in [0.15, 0.2) is 0 Å². The average Bonchev–Trinajstić information content (AvgIpc) is 2.89. The molecule has 0 unspecified atom stereocenters. The molecule has 2 aromatic heterocycles. The number of nitrogens with zero attached hydrogens (tertiary/aromatic N) is 3. The Bertz CT molecular complexity index is 752. The highest BCUT2D eigenvalue weighted by Gasteiger charge is 2.14. The summed E-state index contributed by atoms with van der Waals surface area (Å²) in [6, 6.07) is 11.5. The molecule has 0 aliphatic rings. The maximum Gasteiger partial charge on any atom is 0.255 e. The molecule has 21 heavy (non-hydrogen) atoms. The Balaban J connectivity index is 1.77. The molecule has 4 nitrogen and oxygen atoms in total. The molecule has 3 rings (SSSR count). The number of hydrogen-bond acceptors (Lipinski definition) is 4. The van der Waals surface area contributed by atoms with Crippen molar-refractivity contribution in [3.05, 3.63) is 57.8 Å². The molecular formula is C15H12BrN3OS. The summed E-state index contributed by atoms with van der Waals surface area (Å²) in [5.41, 5.74) is 1.55. The molecule has 0 atom stereocenters. The summed E-state index contributed by atoms with van der Waals surface area (Å²) in [5, 5.41) is 0.928. The van der Waals surface area contributed by atoms with Gasteiger partial charge in [-0.15, -0.1) is 11.3 Å². The van der Waals surface area contributed by atoms with Gasteiger partial charge in [0.1, 0.15) is 9.61 Å². The van der Waals surface area contributed by atoms with Crippen molar-refractivity contribution < 1.29 is 4.79 Å².